The summed E-state index contributed by atoms with van der Waals surface area (Å²) in [4.78, 5) is 24.0. The van der Waals surface area contributed by atoms with Gasteiger partial charge in [0.25, 0.3) is 0 Å². The molecular formula is C16H14ClF3N2O3. The van der Waals surface area contributed by atoms with Crippen LogP contribution in [0.15, 0.2) is 18.2 Å². The van der Waals surface area contributed by atoms with Crippen molar-refractivity contribution in [3.63, 3.8) is 0 Å². The standard InChI is InChI=1S/C16H14ClF3N2O3/c17-12-2-1-3-13(11(12)9-21)22-6-4-10(5-7-22)8-14(23)25-15(24)16(18,19)20/h1-3,10H,4-8H2. The van der Waals surface area contributed by atoms with Crippen molar-refractivity contribution in [2.24, 2.45) is 5.92 Å². The Morgan fingerprint density at radius 1 is 1.32 bits per heavy atom. The molecule has 0 radical (unpaired) electrons. The third kappa shape index (κ3) is 4.86. The van der Waals surface area contributed by atoms with Gasteiger partial charge in [-0.25, -0.2) is 4.79 Å². The van der Waals surface area contributed by atoms with Gasteiger partial charge in [-0.3, -0.25) is 4.79 Å². The molecule has 0 aromatic heterocycles. The lowest BCUT2D eigenvalue weighted by Crippen LogP contribution is -2.35. The first-order valence-corrected chi connectivity index (χ1v) is 7.85. The van der Waals surface area contributed by atoms with Gasteiger partial charge < -0.3 is 9.64 Å². The van der Waals surface area contributed by atoms with Crippen molar-refractivity contribution in [1.82, 2.24) is 0 Å². The molecule has 0 bridgehead atoms. The predicted octanol–water partition coefficient (Wildman–Crippen LogP) is 3.45. The number of nitriles is 1. The first-order valence-electron chi connectivity index (χ1n) is 7.47. The number of benzene rings is 1. The van der Waals surface area contributed by atoms with Gasteiger partial charge in [-0.1, -0.05) is 17.7 Å². The zero-order valence-corrected chi connectivity index (χ0v) is 13.7. The Balaban J connectivity index is 1.90. The summed E-state index contributed by atoms with van der Waals surface area (Å²) in [5.74, 6) is -3.86. The molecule has 0 spiro atoms. The normalized spacial score (nSPS) is 15.6. The molecule has 25 heavy (non-hydrogen) atoms. The van der Waals surface area contributed by atoms with E-state index in [9.17, 15) is 28.0 Å². The van der Waals surface area contributed by atoms with E-state index >= 15 is 0 Å². The summed E-state index contributed by atoms with van der Waals surface area (Å²) >= 11 is 6.00. The molecule has 0 saturated carbocycles. The summed E-state index contributed by atoms with van der Waals surface area (Å²) in [6, 6.07) is 7.16. The average molecular weight is 375 g/mol. The lowest BCUT2D eigenvalue weighted by atomic mass is 9.93. The zero-order valence-electron chi connectivity index (χ0n) is 13.0. The number of hydrogen-bond acceptors (Lipinski definition) is 5. The second kappa shape index (κ2) is 7.74. The van der Waals surface area contributed by atoms with Gasteiger partial charge in [-0.2, -0.15) is 18.4 Å². The molecule has 0 atom stereocenters. The molecule has 1 saturated heterocycles. The number of esters is 2. The lowest BCUT2D eigenvalue weighted by molar-refractivity contribution is -0.202. The van der Waals surface area contributed by atoms with E-state index in [0.717, 1.165) is 0 Å². The third-order valence-electron chi connectivity index (χ3n) is 3.95. The quantitative estimate of drug-likeness (QED) is 0.598. The highest BCUT2D eigenvalue weighted by molar-refractivity contribution is 6.32. The number of alkyl halides is 3. The van der Waals surface area contributed by atoms with Crippen LogP contribution in [0.25, 0.3) is 0 Å². The Morgan fingerprint density at radius 2 is 1.96 bits per heavy atom. The number of anilines is 1. The van der Waals surface area contributed by atoms with Crippen molar-refractivity contribution >= 4 is 29.2 Å². The molecule has 1 fully saturated rings. The molecule has 0 aliphatic carbocycles. The molecule has 9 heteroatoms. The van der Waals surface area contributed by atoms with Crippen molar-refractivity contribution in [2.75, 3.05) is 18.0 Å². The summed E-state index contributed by atoms with van der Waals surface area (Å²) in [7, 11) is 0. The second-order valence-electron chi connectivity index (χ2n) is 5.64. The topological polar surface area (TPSA) is 70.4 Å². The number of ether oxygens (including phenoxy) is 1. The Labute approximate surface area is 146 Å². The minimum Gasteiger partial charge on any atom is -0.386 e. The van der Waals surface area contributed by atoms with E-state index in [1.54, 1.807) is 18.2 Å². The molecule has 1 heterocycles. The molecule has 5 nitrogen and oxygen atoms in total. The summed E-state index contributed by atoms with van der Waals surface area (Å²) in [6.45, 7) is 1.03. The molecule has 1 aliphatic rings. The van der Waals surface area contributed by atoms with Crippen LogP contribution in [0.2, 0.25) is 5.02 Å². The van der Waals surface area contributed by atoms with Gasteiger partial charge in [-0.15, -0.1) is 0 Å². The smallest absolute Gasteiger partial charge is 0.386 e. The fourth-order valence-electron chi connectivity index (χ4n) is 2.70. The van der Waals surface area contributed by atoms with Crippen molar-refractivity contribution in [3.8, 4) is 6.07 Å². The van der Waals surface area contributed by atoms with E-state index < -0.39 is 18.1 Å². The first kappa shape index (κ1) is 19.1. The van der Waals surface area contributed by atoms with Crippen LogP contribution in [0.4, 0.5) is 18.9 Å². The fraction of sp³-hybridized carbons (Fsp3) is 0.438. The number of carbonyl (C=O) groups is 2. The predicted molar refractivity (Wildman–Crippen MR) is 82.9 cm³/mol. The average Bonchev–Trinajstić information content (AvgIpc) is 2.54. The minimum absolute atomic E-state index is 0.186. The molecule has 1 aromatic carbocycles. The van der Waals surface area contributed by atoms with Gasteiger partial charge >= 0.3 is 18.1 Å². The van der Waals surface area contributed by atoms with Crippen LogP contribution in [-0.2, 0) is 14.3 Å². The Kier molecular flexibility index (Phi) is 5.90. The monoisotopic (exact) mass is 374 g/mol. The van der Waals surface area contributed by atoms with Crippen LogP contribution >= 0.6 is 11.6 Å². The van der Waals surface area contributed by atoms with E-state index in [1.807, 2.05) is 11.0 Å². The van der Waals surface area contributed by atoms with Crippen LogP contribution in [-0.4, -0.2) is 31.2 Å². The van der Waals surface area contributed by atoms with E-state index in [4.69, 9.17) is 11.6 Å². The van der Waals surface area contributed by atoms with Gasteiger partial charge in [-0.05, 0) is 30.9 Å². The Bertz CT molecular complexity index is 708. The maximum Gasteiger partial charge on any atom is 0.491 e. The van der Waals surface area contributed by atoms with Crippen LogP contribution in [0.5, 0.6) is 0 Å². The largest absolute Gasteiger partial charge is 0.491 e. The van der Waals surface area contributed by atoms with E-state index in [0.29, 0.717) is 42.2 Å². The molecule has 0 amide bonds. The van der Waals surface area contributed by atoms with Gasteiger partial charge in [0.05, 0.1) is 16.3 Å². The van der Waals surface area contributed by atoms with Gasteiger partial charge in [0.2, 0.25) is 0 Å². The van der Waals surface area contributed by atoms with Crippen molar-refractivity contribution in [1.29, 1.82) is 5.26 Å². The minimum atomic E-state index is -5.18. The number of hydrogen-bond donors (Lipinski definition) is 0. The number of carbonyl (C=O) groups excluding carboxylic acids is 2. The molecule has 0 N–H and O–H groups in total. The Morgan fingerprint density at radius 3 is 2.52 bits per heavy atom. The number of halogens is 4. The highest BCUT2D eigenvalue weighted by Crippen LogP contribution is 2.31. The summed E-state index contributed by atoms with van der Waals surface area (Å²) < 4.78 is 40.0. The van der Waals surface area contributed by atoms with Gasteiger partial charge in [0.15, 0.2) is 0 Å². The highest BCUT2D eigenvalue weighted by Gasteiger charge is 2.42. The summed E-state index contributed by atoms with van der Waals surface area (Å²) in [5, 5.41) is 9.55. The van der Waals surface area contributed by atoms with Crippen LogP contribution < -0.4 is 4.90 Å². The highest BCUT2D eigenvalue weighted by atomic mass is 35.5. The lowest BCUT2D eigenvalue weighted by Gasteiger charge is -2.33. The van der Waals surface area contributed by atoms with Crippen LogP contribution in [0, 0.1) is 17.2 Å². The molecule has 0 unspecified atom stereocenters. The third-order valence-corrected chi connectivity index (χ3v) is 4.27. The summed E-state index contributed by atoms with van der Waals surface area (Å²) in [5.41, 5.74) is 1.04. The number of rotatable bonds is 3. The van der Waals surface area contributed by atoms with Gasteiger partial charge in [0.1, 0.15) is 6.07 Å². The maximum atomic E-state index is 12.1. The van der Waals surface area contributed by atoms with Crippen molar-refractivity contribution < 1.29 is 27.5 Å². The van der Waals surface area contributed by atoms with Crippen LogP contribution in [0.1, 0.15) is 24.8 Å². The van der Waals surface area contributed by atoms with Crippen LogP contribution in [0.3, 0.4) is 0 Å². The fourth-order valence-corrected chi connectivity index (χ4v) is 2.92. The molecule has 1 aliphatic heterocycles. The number of nitrogens with zero attached hydrogens (tertiary/aromatic N) is 2. The van der Waals surface area contributed by atoms with E-state index in [2.05, 4.69) is 4.74 Å². The summed E-state index contributed by atoms with van der Waals surface area (Å²) in [6.07, 6.45) is -4.39. The SMILES string of the molecule is N#Cc1c(Cl)cccc1N1CCC(CC(=O)OC(=O)C(F)(F)F)CC1. The molecule has 2 rings (SSSR count). The zero-order chi connectivity index (χ0) is 18.6. The molecule has 1 aromatic rings. The second-order valence-corrected chi connectivity index (χ2v) is 6.05. The number of piperidine rings is 1. The van der Waals surface area contributed by atoms with Crippen molar-refractivity contribution in [3.05, 3.63) is 28.8 Å². The first-order chi connectivity index (χ1) is 11.7. The molecule has 134 valence electrons. The van der Waals surface area contributed by atoms with Crippen molar-refractivity contribution in [2.45, 2.75) is 25.4 Å². The van der Waals surface area contributed by atoms with E-state index in [-0.39, 0.29) is 12.3 Å². The van der Waals surface area contributed by atoms with Gasteiger partial charge in [0, 0.05) is 19.5 Å². The Hall–Kier alpha value is -2.27. The van der Waals surface area contributed by atoms with E-state index in [1.165, 1.54) is 0 Å². The maximum absolute atomic E-state index is 12.1. The molecular weight excluding hydrogens is 361 g/mol.